The van der Waals surface area contributed by atoms with Gasteiger partial charge in [-0.15, -0.1) is 0 Å². The Labute approximate surface area is 122 Å². The van der Waals surface area contributed by atoms with Crippen LogP contribution in [0.25, 0.3) is 0 Å². The molecule has 0 fully saturated rings. The number of carbonyl (C=O) groups excluding carboxylic acids is 1. The number of nitro benzene ring substituents is 1. The van der Waals surface area contributed by atoms with Gasteiger partial charge in [0.25, 0.3) is 5.69 Å². The lowest BCUT2D eigenvalue weighted by molar-refractivity contribution is -0.383. The first-order valence-electron chi connectivity index (χ1n) is 6.96. The minimum absolute atomic E-state index is 0.0114. The molecule has 0 unspecified atom stereocenters. The molecule has 0 radical (unpaired) electrons. The molecule has 1 aromatic carbocycles. The smallest absolute Gasteiger partial charge is 0.294 e. The highest BCUT2D eigenvalue weighted by Crippen LogP contribution is 2.34. The SMILES string of the molecule is COCCCCNc1cc2c(cc1[N+](=O)[O-])NC(=O)CC2. The number of rotatable bonds is 7. The molecule has 7 heteroatoms. The highest BCUT2D eigenvalue weighted by molar-refractivity contribution is 5.95. The van der Waals surface area contributed by atoms with Gasteiger partial charge in [0.2, 0.25) is 5.91 Å². The molecular weight excluding hydrogens is 274 g/mol. The summed E-state index contributed by atoms with van der Waals surface area (Å²) in [6.07, 6.45) is 2.80. The quantitative estimate of drug-likeness (QED) is 0.457. The van der Waals surface area contributed by atoms with E-state index < -0.39 is 4.92 Å². The number of unbranched alkanes of at least 4 members (excludes halogenated alkanes) is 1. The van der Waals surface area contributed by atoms with Crippen molar-refractivity contribution in [2.24, 2.45) is 0 Å². The molecule has 0 saturated heterocycles. The van der Waals surface area contributed by atoms with Gasteiger partial charge in [0.15, 0.2) is 0 Å². The predicted molar refractivity (Wildman–Crippen MR) is 79.6 cm³/mol. The zero-order chi connectivity index (χ0) is 15.2. The minimum Gasteiger partial charge on any atom is -0.385 e. The third kappa shape index (κ3) is 3.91. The van der Waals surface area contributed by atoms with Gasteiger partial charge in [-0.2, -0.15) is 0 Å². The number of anilines is 2. The van der Waals surface area contributed by atoms with Gasteiger partial charge in [0.05, 0.1) is 10.6 Å². The van der Waals surface area contributed by atoms with Crippen LogP contribution in [0, 0.1) is 10.1 Å². The van der Waals surface area contributed by atoms with E-state index in [0.717, 1.165) is 18.4 Å². The molecule has 21 heavy (non-hydrogen) atoms. The van der Waals surface area contributed by atoms with Crippen molar-refractivity contribution >= 4 is 23.0 Å². The first kappa shape index (κ1) is 15.2. The number of amides is 1. The highest BCUT2D eigenvalue weighted by Gasteiger charge is 2.22. The Balaban J connectivity index is 2.12. The number of nitro groups is 1. The Morgan fingerprint density at radius 1 is 1.38 bits per heavy atom. The van der Waals surface area contributed by atoms with E-state index in [2.05, 4.69) is 10.6 Å². The molecule has 0 spiro atoms. The first-order valence-corrected chi connectivity index (χ1v) is 6.96. The lowest BCUT2D eigenvalue weighted by atomic mass is 10.0. The number of methoxy groups -OCH3 is 1. The third-order valence-corrected chi connectivity index (χ3v) is 3.40. The maximum absolute atomic E-state index is 11.4. The molecule has 0 aliphatic carbocycles. The fraction of sp³-hybridized carbons (Fsp3) is 0.500. The second-order valence-corrected chi connectivity index (χ2v) is 4.96. The van der Waals surface area contributed by atoms with Crippen molar-refractivity contribution in [3.05, 3.63) is 27.8 Å². The van der Waals surface area contributed by atoms with Crippen molar-refractivity contribution in [3.63, 3.8) is 0 Å². The number of benzene rings is 1. The molecule has 1 aromatic rings. The Morgan fingerprint density at radius 3 is 2.90 bits per heavy atom. The van der Waals surface area contributed by atoms with Crippen LogP contribution in [0.1, 0.15) is 24.8 Å². The van der Waals surface area contributed by atoms with Crippen LogP contribution >= 0.6 is 0 Å². The number of carbonyl (C=O) groups is 1. The van der Waals surface area contributed by atoms with Crippen molar-refractivity contribution in [3.8, 4) is 0 Å². The van der Waals surface area contributed by atoms with Gasteiger partial charge in [-0.1, -0.05) is 0 Å². The lowest BCUT2D eigenvalue weighted by Crippen LogP contribution is -2.19. The van der Waals surface area contributed by atoms with E-state index in [0.29, 0.717) is 37.4 Å². The van der Waals surface area contributed by atoms with E-state index in [9.17, 15) is 14.9 Å². The molecule has 0 aromatic heterocycles. The van der Waals surface area contributed by atoms with E-state index in [4.69, 9.17) is 4.74 Å². The summed E-state index contributed by atoms with van der Waals surface area (Å²) in [5.41, 5.74) is 1.97. The average Bonchev–Trinajstić information content (AvgIpc) is 2.46. The zero-order valence-electron chi connectivity index (χ0n) is 12.0. The molecule has 0 saturated carbocycles. The van der Waals surface area contributed by atoms with Gasteiger partial charge < -0.3 is 15.4 Å². The number of aryl methyl sites for hydroxylation is 1. The second kappa shape index (κ2) is 7.03. The normalized spacial score (nSPS) is 13.5. The van der Waals surface area contributed by atoms with E-state index in [-0.39, 0.29) is 11.6 Å². The van der Waals surface area contributed by atoms with Crippen LogP contribution in [0.5, 0.6) is 0 Å². The fourth-order valence-corrected chi connectivity index (χ4v) is 2.30. The Hall–Kier alpha value is -2.15. The monoisotopic (exact) mass is 293 g/mol. The van der Waals surface area contributed by atoms with Crippen LogP contribution in [0.4, 0.5) is 17.1 Å². The van der Waals surface area contributed by atoms with Gasteiger partial charge in [-0.3, -0.25) is 14.9 Å². The van der Waals surface area contributed by atoms with Gasteiger partial charge in [-0.25, -0.2) is 0 Å². The molecule has 7 nitrogen and oxygen atoms in total. The summed E-state index contributed by atoms with van der Waals surface area (Å²) in [6.45, 7) is 1.33. The van der Waals surface area contributed by atoms with Crippen molar-refractivity contribution in [2.75, 3.05) is 30.9 Å². The molecular formula is C14H19N3O4. The van der Waals surface area contributed by atoms with E-state index in [1.165, 1.54) is 6.07 Å². The number of nitrogens with one attached hydrogen (secondary N) is 2. The van der Waals surface area contributed by atoms with Crippen LogP contribution < -0.4 is 10.6 Å². The van der Waals surface area contributed by atoms with Crippen molar-refractivity contribution in [1.82, 2.24) is 0 Å². The summed E-state index contributed by atoms with van der Waals surface area (Å²) in [4.78, 5) is 22.1. The Morgan fingerprint density at radius 2 is 2.19 bits per heavy atom. The standard InChI is InChI=1S/C14H19N3O4/c1-21-7-3-2-6-15-12-8-10-4-5-14(18)16-11(10)9-13(12)17(19)20/h8-9,15H,2-7H2,1H3,(H,16,18). The van der Waals surface area contributed by atoms with Crippen molar-refractivity contribution in [2.45, 2.75) is 25.7 Å². The fourth-order valence-electron chi connectivity index (χ4n) is 2.30. The summed E-state index contributed by atoms with van der Waals surface area (Å²) < 4.78 is 4.96. The molecule has 2 N–H and O–H groups in total. The predicted octanol–water partition coefficient (Wildman–Crippen LogP) is 2.32. The minimum atomic E-state index is -0.432. The molecule has 1 heterocycles. The maximum atomic E-state index is 11.4. The van der Waals surface area contributed by atoms with Gasteiger partial charge in [0, 0.05) is 32.7 Å². The summed E-state index contributed by atoms with van der Waals surface area (Å²) in [5, 5.41) is 16.9. The van der Waals surface area contributed by atoms with Crippen LogP contribution in [-0.2, 0) is 16.0 Å². The summed E-state index contributed by atoms with van der Waals surface area (Å²) in [6, 6.07) is 3.20. The molecule has 1 aliphatic rings. The molecule has 1 amide bonds. The zero-order valence-corrected chi connectivity index (χ0v) is 12.0. The lowest BCUT2D eigenvalue weighted by Gasteiger charge is -2.18. The number of nitrogens with zero attached hydrogens (tertiary/aromatic N) is 1. The first-order chi connectivity index (χ1) is 10.1. The van der Waals surface area contributed by atoms with Gasteiger partial charge >= 0.3 is 0 Å². The summed E-state index contributed by atoms with van der Waals surface area (Å²) in [7, 11) is 1.65. The van der Waals surface area contributed by atoms with Crippen LogP contribution in [0.15, 0.2) is 12.1 Å². The van der Waals surface area contributed by atoms with E-state index >= 15 is 0 Å². The van der Waals surface area contributed by atoms with Crippen molar-refractivity contribution < 1.29 is 14.5 Å². The third-order valence-electron chi connectivity index (χ3n) is 3.40. The molecule has 1 aliphatic heterocycles. The van der Waals surface area contributed by atoms with Crippen LogP contribution in [0.2, 0.25) is 0 Å². The number of hydrogen-bond donors (Lipinski definition) is 2. The topological polar surface area (TPSA) is 93.5 Å². The number of hydrogen-bond acceptors (Lipinski definition) is 5. The Kier molecular flexibility index (Phi) is 5.10. The summed E-state index contributed by atoms with van der Waals surface area (Å²) >= 11 is 0. The number of fused-ring (bicyclic) bond motifs is 1. The molecule has 0 atom stereocenters. The van der Waals surface area contributed by atoms with Gasteiger partial charge in [0.1, 0.15) is 5.69 Å². The van der Waals surface area contributed by atoms with E-state index in [1.807, 2.05) is 0 Å². The number of ether oxygens (including phenoxy) is 1. The largest absolute Gasteiger partial charge is 0.385 e. The molecule has 0 bridgehead atoms. The Bertz CT molecular complexity index is 545. The highest BCUT2D eigenvalue weighted by atomic mass is 16.6. The van der Waals surface area contributed by atoms with Crippen molar-refractivity contribution in [1.29, 1.82) is 0 Å². The summed E-state index contributed by atoms with van der Waals surface area (Å²) in [5.74, 6) is -0.0999. The maximum Gasteiger partial charge on any atom is 0.294 e. The second-order valence-electron chi connectivity index (χ2n) is 4.96. The van der Waals surface area contributed by atoms with Crippen LogP contribution in [0.3, 0.4) is 0 Å². The molecule has 2 rings (SSSR count). The van der Waals surface area contributed by atoms with Crippen LogP contribution in [-0.4, -0.2) is 31.1 Å². The average molecular weight is 293 g/mol. The van der Waals surface area contributed by atoms with E-state index in [1.54, 1.807) is 13.2 Å². The molecule has 114 valence electrons. The van der Waals surface area contributed by atoms with Gasteiger partial charge in [-0.05, 0) is 30.9 Å².